The lowest BCUT2D eigenvalue weighted by Crippen LogP contribution is -2.50. The molecule has 1 aliphatic heterocycles. The predicted molar refractivity (Wildman–Crippen MR) is 136 cm³/mol. The number of ether oxygens (including phenoxy) is 2. The minimum absolute atomic E-state index is 0.0507. The summed E-state index contributed by atoms with van der Waals surface area (Å²) in [6.45, 7) is 4.04. The normalized spacial score (nSPS) is 15.0. The summed E-state index contributed by atoms with van der Waals surface area (Å²) in [5.41, 5.74) is 4.23. The highest BCUT2D eigenvalue weighted by atomic mass is 32.1. The molecule has 0 saturated carbocycles. The molecule has 36 heavy (non-hydrogen) atoms. The summed E-state index contributed by atoms with van der Waals surface area (Å²) in [6.07, 6.45) is -0.187. The lowest BCUT2D eigenvalue weighted by atomic mass is 10.1. The summed E-state index contributed by atoms with van der Waals surface area (Å²) in [5, 5.41) is 4.10. The molecule has 2 aromatic carbocycles. The Morgan fingerprint density at radius 3 is 2.25 bits per heavy atom. The molecular formula is C25H28N4O6S. The van der Waals surface area contributed by atoms with Gasteiger partial charge in [-0.05, 0) is 68.0 Å². The van der Waals surface area contributed by atoms with Crippen LogP contribution in [-0.4, -0.2) is 65.0 Å². The number of carbonyl (C=O) groups excluding carboxylic acids is 4. The van der Waals surface area contributed by atoms with Gasteiger partial charge in [0.05, 0.1) is 32.1 Å². The lowest BCUT2D eigenvalue weighted by molar-refractivity contribution is -0.132. The Morgan fingerprint density at radius 2 is 1.67 bits per heavy atom. The molecule has 0 radical (unpaired) electrons. The van der Waals surface area contributed by atoms with Crippen molar-refractivity contribution >= 4 is 46.7 Å². The number of carbonyl (C=O) groups is 4. The Hall–Kier alpha value is -3.99. The van der Waals surface area contributed by atoms with Gasteiger partial charge >= 0.3 is 5.97 Å². The fraction of sp³-hybridized carbons (Fsp3) is 0.320. The van der Waals surface area contributed by atoms with Crippen LogP contribution in [0.25, 0.3) is 0 Å². The fourth-order valence-electron chi connectivity index (χ4n) is 3.64. The topological polar surface area (TPSA) is 117 Å². The van der Waals surface area contributed by atoms with Gasteiger partial charge in [-0.2, -0.15) is 0 Å². The molecule has 2 N–H and O–H groups in total. The van der Waals surface area contributed by atoms with Crippen molar-refractivity contribution in [2.45, 2.75) is 32.7 Å². The van der Waals surface area contributed by atoms with Crippen LogP contribution in [0.4, 0.5) is 5.69 Å². The van der Waals surface area contributed by atoms with E-state index in [1.807, 2.05) is 0 Å². The molecule has 0 bridgehead atoms. The van der Waals surface area contributed by atoms with Gasteiger partial charge in [-0.25, -0.2) is 9.80 Å². The monoisotopic (exact) mass is 512 g/mol. The number of hydrogen-bond donors (Lipinski definition) is 2. The minimum Gasteiger partial charge on any atom is -0.497 e. The van der Waals surface area contributed by atoms with Gasteiger partial charge in [0.1, 0.15) is 11.8 Å². The molecule has 0 aliphatic carbocycles. The van der Waals surface area contributed by atoms with Crippen LogP contribution in [0, 0.1) is 0 Å². The third-order valence-corrected chi connectivity index (χ3v) is 5.86. The molecule has 1 fully saturated rings. The van der Waals surface area contributed by atoms with Crippen molar-refractivity contribution < 1.29 is 28.7 Å². The van der Waals surface area contributed by atoms with Gasteiger partial charge in [0.2, 0.25) is 11.8 Å². The lowest BCUT2D eigenvalue weighted by Gasteiger charge is -2.24. The molecular weight excluding hydrogens is 484 g/mol. The number of anilines is 1. The maximum absolute atomic E-state index is 12.9. The predicted octanol–water partition coefficient (Wildman–Crippen LogP) is 2.29. The van der Waals surface area contributed by atoms with Crippen LogP contribution in [0.3, 0.4) is 0 Å². The zero-order valence-electron chi connectivity index (χ0n) is 20.3. The molecule has 1 atom stereocenters. The SMILES string of the molecule is CCOC(=O)c1ccc(NC(=O)CC2C(=O)N(CC)C(=S)N2NC(=O)Cc2ccc(OC)cc2)cc1. The van der Waals surface area contributed by atoms with Crippen LogP contribution < -0.4 is 15.5 Å². The second kappa shape index (κ2) is 12.1. The number of amides is 3. The number of likely N-dealkylation sites (N-methyl/N-ethyl adjacent to an activating group) is 1. The molecule has 11 heteroatoms. The van der Waals surface area contributed by atoms with Crippen molar-refractivity contribution in [1.82, 2.24) is 15.3 Å². The first kappa shape index (κ1) is 26.6. The summed E-state index contributed by atoms with van der Waals surface area (Å²) in [7, 11) is 1.56. The zero-order chi connectivity index (χ0) is 26.2. The molecule has 1 saturated heterocycles. The number of rotatable bonds is 10. The van der Waals surface area contributed by atoms with Crippen LogP contribution in [0.1, 0.15) is 36.2 Å². The third kappa shape index (κ3) is 6.36. The van der Waals surface area contributed by atoms with Crippen LogP contribution in [0.2, 0.25) is 0 Å². The van der Waals surface area contributed by atoms with E-state index < -0.39 is 17.9 Å². The quantitative estimate of drug-likeness (QED) is 0.368. The number of methoxy groups -OCH3 is 1. The Morgan fingerprint density at radius 1 is 1.00 bits per heavy atom. The minimum atomic E-state index is -0.990. The van der Waals surface area contributed by atoms with Crippen molar-refractivity contribution in [2.75, 3.05) is 25.6 Å². The molecule has 0 aromatic heterocycles. The largest absolute Gasteiger partial charge is 0.497 e. The first-order valence-electron chi connectivity index (χ1n) is 11.4. The van der Waals surface area contributed by atoms with Crippen LogP contribution in [-0.2, 0) is 25.5 Å². The highest BCUT2D eigenvalue weighted by molar-refractivity contribution is 7.80. The number of nitrogens with one attached hydrogen (secondary N) is 2. The van der Waals surface area contributed by atoms with Crippen LogP contribution in [0.15, 0.2) is 48.5 Å². The van der Waals surface area contributed by atoms with Crippen molar-refractivity contribution in [3.63, 3.8) is 0 Å². The first-order valence-corrected chi connectivity index (χ1v) is 11.8. The molecule has 1 unspecified atom stereocenters. The van der Waals surface area contributed by atoms with E-state index >= 15 is 0 Å². The Labute approximate surface area is 214 Å². The number of nitrogens with zero attached hydrogens (tertiary/aromatic N) is 2. The van der Waals surface area contributed by atoms with Crippen LogP contribution >= 0.6 is 12.2 Å². The second-order valence-electron chi connectivity index (χ2n) is 7.86. The number of hydrogen-bond acceptors (Lipinski definition) is 7. The average molecular weight is 513 g/mol. The van der Waals surface area contributed by atoms with Gasteiger partial charge in [0, 0.05) is 12.2 Å². The third-order valence-electron chi connectivity index (χ3n) is 5.44. The number of esters is 1. The van der Waals surface area contributed by atoms with E-state index in [1.165, 1.54) is 22.0 Å². The van der Waals surface area contributed by atoms with Crippen LogP contribution in [0.5, 0.6) is 5.75 Å². The van der Waals surface area contributed by atoms with Gasteiger partial charge in [0.15, 0.2) is 5.11 Å². The van der Waals surface area contributed by atoms with E-state index in [0.717, 1.165) is 5.56 Å². The molecule has 2 aromatic rings. The molecule has 10 nitrogen and oxygen atoms in total. The number of hydrazine groups is 1. The van der Waals surface area contributed by atoms with Gasteiger partial charge in [0.25, 0.3) is 5.91 Å². The number of benzene rings is 2. The van der Waals surface area contributed by atoms with Gasteiger partial charge in [-0.1, -0.05) is 12.1 Å². The van der Waals surface area contributed by atoms with E-state index in [2.05, 4.69) is 10.7 Å². The number of thiocarbonyl (C=S) groups is 1. The highest BCUT2D eigenvalue weighted by Crippen LogP contribution is 2.20. The van der Waals surface area contributed by atoms with Crippen molar-refractivity contribution in [1.29, 1.82) is 0 Å². The summed E-state index contributed by atoms with van der Waals surface area (Å²) >= 11 is 5.40. The van der Waals surface area contributed by atoms with E-state index in [0.29, 0.717) is 23.5 Å². The summed E-state index contributed by atoms with van der Waals surface area (Å²) in [6, 6.07) is 12.2. The van der Waals surface area contributed by atoms with Crippen molar-refractivity contribution in [3.8, 4) is 5.75 Å². The summed E-state index contributed by atoms with van der Waals surface area (Å²) in [4.78, 5) is 51.5. The van der Waals surface area contributed by atoms with E-state index in [-0.39, 0.29) is 36.4 Å². The molecule has 3 rings (SSSR count). The fourth-order valence-corrected chi connectivity index (χ4v) is 4.03. The summed E-state index contributed by atoms with van der Waals surface area (Å²) < 4.78 is 10.1. The average Bonchev–Trinajstić information content (AvgIpc) is 3.08. The van der Waals surface area contributed by atoms with E-state index in [4.69, 9.17) is 21.7 Å². The van der Waals surface area contributed by atoms with Gasteiger partial charge in [-0.15, -0.1) is 0 Å². The van der Waals surface area contributed by atoms with Crippen molar-refractivity contribution in [3.05, 3.63) is 59.7 Å². The molecule has 1 heterocycles. The second-order valence-corrected chi connectivity index (χ2v) is 8.23. The maximum Gasteiger partial charge on any atom is 0.338 e. The Kier molecular flexibility index (Phi) is 8.96. The first-order chi connectivity index (χ1) is 17.3. The molecule has 3 amide bonds. The Bertz CT molecular complexity index is 1140. The summed E-state index contributed by atoms with van der Waals surface area (Å²) in [5.74, 6) is -0.993. The van der Waals surface area contributed by atoms with E-state index in [9.17, 15) is 19.2 Å². The van der Waals surface area contributed by atoms with Gasteiger partial charge in [-0.3, -0.25) is 24.7 Å². The molecule has 0 spiro atoms. The zero-order valence-corrected chi connectivity index (χ0v) is 21.1. The highest BCUT2D eigenvalue weighted by Gasteiger charge is 2.43. The maximum atomic E-state index is 12.9. The standard InChI is InChI=1S/C25H28N4O6S/c1-4-28-23(32)20(15-21(30)26-18-10-8-17(9-11-18)24(33)35-5-2)29(25(28)36)27-22(31)14-16-6-12-19(34-3)13-7-16/h6-13,20H,4-5,14-15H2,1-3H3,(H,26,30)(H,27,31). The van der Waals surface area contributed by atoms with E-state index in [1.54, 1.807) is 57.4 Å². The molecule has 190 valence electrons. The Balaban J connectivity index is 1.66. The van der Waals surface area contributed by atoms with Crippen molar-refractivity contribution in [2.24, 2.45) is 0 Å². The van der Waals surface area contributed by atoms with Gasteiger partial charge < -0.3 is 14.8 Å². The smallest absolute Gasteiger partial charge is 0.338 e. The molecule has 1 aliphatic rings.